The van der Waals surface area contributed by atoms with Crippen molar-refractivity contribution >= 4 is 21.6 Å². The summed E-state index contributed by atoms with van der Waals surface area (Å²) in [5.74, 6) is -0.683. The fourth-order valence-electron chi connectivity index (χ4n) is 2.25. The summed E-state index contributed by atoms with van der Waals surface area (Å²) >= 11 is 0. The van der Waals surface area contributed by atoms with E-state index in [-0.39, 0.29) is 23.1 Å². The van der Waals surface area contributed by atoms with E-state index in [2.05, 4.69) is 0 Å². The number of nitrogens with zero attached hydrogens (tertiary/aromatic N) is 1. The number of aryl methyl sites for hydroxylation is 1. The van der Waals surface area contributed by atoms with Crippen LogP contribution in [0.1, 0.15) is 24.8 Å². The van der Waals surface area contributed by atoms with E-state index in [4.69, 9.17) is 4.74 Å². The molecule has 1 aliphatic heterocycles. The average Bonchev–Trinajstić information content (AvgIpc) is 2.90. The number of amides is 1. The molecule has 0 radical (unpaired) electrons. The maximum atomic E-state index is 12.2. The molecule has 1 heterocycles. The zero-order valence-corrected chi connectivity index (χ0v) is 12.8. The summed E-state index contributed by atoms with van der Waals surface area (Å²) in [6.45, 7) is 2.07. The number of carbonyl (C=O) groups is 1. The molecule has 0 aromatic heterocycles. The molecule has 0 spiro atoms. The Morgan fingerprint density at radius 2 is 2.23 bits per heavy atom. The van der Waals surface area contributed by atoms with Crippen molar-refractivity contribution in [3.8, 4) is 0 Å². The number of benzene rings is 1. The molecule has 8 nitrogen and oxygen atoms in total. The van der Waals surface area contributed by atoms with Crippen molar-refractivity contribution < 1.29 is 22.9 Å². The Labute approximate surface area is 127 Å². The second-order valence-electron chi connectivity index (χ2n) is 5.07. The molecule has 2 rings (SSSR count). The summed E-state index contributed by atoms with van der Waals surface area (Å²) in [7, 11) is -4.15. The molecular formula is C13H16N2O6S. The van der Waals surface area contributed by atoms with E-state index in [1.54, 1.807) is 0 Å². The molecule has 1 amide bonds. The van der Waals surface area contributed by atoms with Crippen LogP contribution in [-0.2, 0) is 19.6 Å². The first-order valence-corrected chi connectivity index (χ1v) is 8.20. The van der Waals surface area contributed by atoms with Gasteiger partial charge in [0.2, 0.25) is 5.91 Å². The molecular weight excluding hydrogens is 312 g/mol. The number of hydrogen-bond donors (Lipinski definition) is 1. The molecule has 0 saturated carbocycles. The molecule has 0 aliphatic carbocycles. The molecule has 9 heteroatoms. The Balaban J connectivity index is 2.17. The summed E-state index contributed by atoms with van der Waals surface area (Å²) in [6.07, 6.45) is 1.23. The minimum absolute atomic E-state index is 0.0484. The van der Waals surface area contributed by atoms with Crippen LogP contribution in [0, 0.1) is 17.0 Å². The molecule has 1 aromatic carbocycles. The van der Waals surface area contributed by atoms with Gasteiger partial charge in [0.15, 0.2) is 0 Å². The fraction of sp³-hybridized carbons (Fsp3) is 0.462. The molecule has 1 aliphatic rings. The van der Waals surface area contributed by atoms with Crippen LogP contribution >= 0.6 is 0 Å². The van der Waals surface area contributed by atoms with Crippen LogP contribution in [0.4, 0.5) is 5.69 Å². The van der Waals surface area contributed by atoms with Gasteiger partial charge in [0.05, 0.1) is 22.3 Å². The minimum atomic E-state index is -4.15. The Hall–Kier alpha value is -2.00. The number of nitro benzene ring substituents is 1. The van der Waals surface area contributed by atoms with Gasteiger partial charge < -0.3 is 4.74 Å². The molecule has 22 heavy (non-hydrogen) atoms. The highest BCUT2D eigenvalue weighted by atomic mass is 32.2. The highest BCUT2D eigenvalue weighted by molar-refractivity contribution is 7.90. The van der Waals surface area contributed by atoms with Gasteiger partial charge in [-0.2, -0.15) is 0 Å². The fourth-order valence-corrected chi connectivity index (χ4v) is 3.51. The molecule has 1 saturated heterocycles. The topological polar surface area (TPSA) is 116 Å². The van der Waals surface area contributed by atoms with Crippen LogP contribution in [0.3, 0.4) is 0 Å². The normalized spacial score (nSPS) is 18.1. The van der Waals surface area contributed by atoms with Gasteiger partial charge in [-0.25, -0.2) is 13.1 Å². The van der Waals surface area contributed by atoms with Gasteiger partial charge in [-0.05, 0) is 25.3 Å². The third-order valence-corrected chi connectivity index (χ3v) is 4.87. The first-order valence-electron chi connectivity index (χ1n) is 6.72. The largest absolute Gasteiger partial charge is 0.378 e. The van der Waals surface area contributed by atoms with Crippen molar-refractivity contribution in [2.24, 2.45) is 0 Å². The number of ether oxygens (including phenoxy) is 1. The molecule has 120 valence electrons. The lowest BCUT2D eigenvalue weighted by atomic mass is 10.2. The number of sulfonamides is 1. The van der Waals surface area contributed by atoms with Crippen molar-refractivity contribution in [1.82, 2.24) is 4.72 Å². The summed E-state index contributed by atoms with van der Waals surface area (Å²) in [6, 6.07) is 3.48. The van der Waals surface area contributed by atoms with Gasteiger partial charge in [0, 0.05) is 18.7 Å². The maximum absolute atomic E-state index is 12.2. The number of rotatable bonds is 5. The van der Waals surface area contributed by atoms with Crippen molar-refractivity contribution in [1.29, 1.82) is 0 Å². The average molecular weight is 328 g/mol. The third kappa shape index (κ3) is 3.80. The third-order valence-electron chi connectivity index (χ3n) is 3.36. The van der Waals surface area contributed by atoms with E-state index >= 15 is 0 Å². The molecule has 1 N–H and O–H groups in total. The summed E-state index contributed by atoms with van der Waals surface area (Å²) in [5, 5.41) is 10.8. The first-order chi connectivity index (χ1) is 10.3. The number of non-ortho nitro benzene ring substituents is 1. The van der Waals surface area contributed by atoms with Crippen molar-refractivity contribution in [3.05, 3.63) is 33.9 Å². The lowest BCUT2D eigenvalue weighted by Crippen LogP contribution is -2.33. The smallest absolute Gasteiger partial charge is 0.270 e. The van der Waals surface area contributed by atoms with E-state index < -0.39 is 20.9 Å². The Morgan fingerprint density at radius 1 is 1.50 bits per heavy atom. The minimum Gasteiger partial charge on any atom is -0.378 e. The van der Waals surface area contributed by atoms with Crippen LogP contribution in [0.2, 0.25) is 0 Å². The summed E-state index contributed by atoms with van der Waals surface area (Å²) in [5.41, 5.74) is -0.0273. The molecule has 1 fully saturated rings. The van der Waals surface area contributed by atoms with Crippen molar-refractivity contribution in [3.63, 3.8) is 0 Å². The lowest BCUT2D eigenvalue weighted by molar-refractivity contribution is -0.385. The van der Waals surface area contributed by atoms with Gasteiger partial charge >= 0.3 is 0 Å². The van der Waals surface area contributed by atoms with Crippen LogP contribution in [0.15, 0.2) is 23.1 Å². The van der Waals surface area contributed by atoms with Crippen LogP contribution in [0.25, 0.3) is 0 Å². The van der Waals surface area contributed by atoms with E-state index in [0.29, 0.717) is 18.6 Å². The Kier molecular flexibility index (Phi) is 4.77. The number of nitro groups is 1. The predicted octanol–water partition coefficient (Wildman–Crippen LogP) is 1.28. The van der Waals surface area contributed by atoms with E-state index in [1.165, 1.54) is 19.1 Å². The zero-order chi connectivity index (χ0) is 16.3. The quantitative estimate of drug-likeness (QED) is 0.643. The number of hydrogen-bond acceptors (Lipinski definition) is 6. The number of nitrogens with one attached hydrogen (secondary N) is 1. The standard InChI is InChI=1S/C13H16N2O6S/c1-9-4-5-10(15(17)18)7-12(9)22(19,20)14-13(16)8-11-3-2-6-21-11/h4-5,7,11H,2-3,6,8H2,1H3,(H,14,16)/t11-/m0/s1. The Morgan fingerprint density at radius 3 is 2.82 bits per heavy atom. The second kappa shape index (κ2) is 6.41. The number of carbonyl (C=O) groups excluding carboxylic acids is 1. The molecule has 0 unspecified atom stereocenters. The van der Waals surface area contributed by atoms with Crippen molar-refractivity contribution in [2.75, 3.05) is 6.61 Å². The van der Waals surface area contributed by atoms with Crippen LogP contribution in [0.5, 0.6) is 0 Å². The Bertz CT molecular complexity index is 694. The van der Waals surface area contributed by atoms with Gasteiger partial charge in [-0.15, -0.1) is 0 Å². The van der Waals surface area contributed by atoms with Gasteiger partial charge in [-0.1, -0.05) is 6.07 Å². The highest BCUT2D eigenvalue weighted by Crippen LogP contribution is 2.22. The van der Waals surface area contributed by atoms with Crippen LogP contribution in [-0.4, -0.2) is 32.0 Å². The molecule has 1 atom stereocenters. The summed E-state index contributed by atoms with van der Waals surface area (Å²) < 4.78 is 31.6. The lowest BCUT2D eigenvalue weighted by Gasteiger charge is -2.11. The van der Waals surface area contributed by atoms with Gasteiger partial charge in [0.25, 0.3) is 15.7 Å². The van der Waals surface area contributed by atoms with Crippen LogP contribution < -0.4 is 4.72 Å². The monoisotopic (exact) mass is 328 g/mol. The summed E-state index contributed by atoms with van der Waals surface area (Å²) in [4.78, 5) is 21.6. The van der Waals surface area contributed by atoms with Gasteiger partial charge in [-0.3, -0.25) is 14.9 Å². The maximum Gasteiger partial charge on any atom is 0.270 e. The molecule has 0 bridgehead atoms. The first kappa shape index (κ1) is 16.4. The van der Waals surface area contributed by atoms with Crippen molar-refractivity contribution in [2.45, 2.75) is 37.2 Å². The highest BCUT2D eigenvalue weighted by Gasteiger charge is 2.25. The van der Waals surface area contributed by atoms with E-state index in [9.17, 15) is 23.3 Å². The zero-order valence-electron chi connectivity index (χ0n) is 11.9. The van der Waals surface area contributed by atoms with E-state index in [1.807, 2.05) is 4.72 Å². The predicted molar refractivity (Wildman–Crippen MR) is 76.8 cm³/mol. The SMILES string of the molecule is Cc1ccc([N+](=O)[O-])cc1S(=O)(=O)NC(=O)C[C@@H]1CCCO1. The second-order valence-corrected chi connectivity index (χ2v) is 6.73. The van der Waals surface area contributed by atoms with E-state index in [0.717, 1.165) is 12.5 Å². The van der Waals surface area contributed by atoms with Gasteiger partial charge in [0.1, 0.15) is 0 Å². The molecule has 1 aromatic rings.